The molecule has 0 amide bonds. The van der Waals surface area contributed by atoms with E-state index < -0.39 is 0 Å². The number of imidazole rings is 1. The number of hydrogen-bond acceptors (Lipinski definition) is 3. The van der Waals surface area contributed by atoms with E-state index in [0.717, 1.165) is 6.42 Å². The lowest BCUT2D eigenvalue weighted by Gasteiger charge is -2.07. The smallest absolute Gasteiger partial charge is 0.328 e. The lowest BCUT2D eigenvalue weighted by atomic mass is 10.0. The quantitative estimate of drug-likeness (QED) is 0.781. The van der Waals surface area contributed by atoms with Gasteiger partial charge in [-0.15, -0.1) is 0 Å². The molecule has 0 N–H and O–H groups in total. The molecular formula is C12H18N2O3. The number of ether oxygens (including phenoxy) is 1. The predicted molar refractivity (Wildman–Crippen MR) is 63.0 cm³/mol. The van der Waals surface area contributed by atoms with Gasteiger partial charge in [0.05, 0.1) is 13.2 Å². The van der Waals surface area contributed by atoms with Crippen molar-refractivity contribution in [1.29, 1.82) is 0 Å². The Morgan fingerprint density at radius 1 is 1.53 bits per heavy atom. The van der Waals surface area contributed by atoms with Gasteiger partial charge in [-0.25, -0.2) is 4.79 Å². The van der Waals surface area contributed by atoms with Gasteiger partial charge in [-0.3, -0.25) is 13.9 Å². The van der Waals surface area contributed by atoms with E-state index >= 15 is 0 Å². The maximum Gasteiger partial charge on any atom is 0.328 e. The summed E-state index contributed by atoms with van der Waals surface area (Å²) in [5, 5.41) is 0. The first kappa shape index (κ1) is 12.1. The summed E-state index contributed by atoms with van der Waals surface area (Å²) in [4.78, 5) is 23.8. The molecular weight excluding hydrogens is 220 g/mol. The predicted octanol–water partition coefficient (Wildman–Crippen LogP) is 0.836. The van der Waals surface area contributed by atoms with Crippen LogP contribution in [0, 0.1) is 5.92 Å². The van der Waals surface area contributed by atoms with Crippen LogP contribution in [-0.2, 0) is 16.1 Å². The van der Waals surface area contributed by atoms with Crippen molar-refractivity contribution in [3.8, 4) is 0 Å². The molecule has 0 aliphatic carbocycles. The summed E-state index contributed by atoms with van der Waals surface area (Å²) in [7, 11) is 0. The van der Waals surface area contributed by atoms with Gasteiger partial charge in [-0.1, -0.05) is 0 Å². The highest BCUT2D eigenvalue weighted by Crippen LogP contribution is 2.14. The monoisotopic (exact) mass is 238 g/mol. The third-order valence-corrected chi connectivity index (χ3v) is 3.14. The van der Waals surface area contributed by atoms with Gasteiger partial charge in [0.1, 0.15) is 0 Å². The molecule has 5 heteroatoms. The number of hydrogen-bond donors (Lipinski definition) is 0. The fourth-order valence-corrected chi connectivity index (χ4v) is 2.03. The Kier molecular flexibility index (Phi) is 3.47. The van der Waals surface area contributed by atoms with Crippen LogP contribution in [-0.4, -0.2) is 28.1 Å². The van der Waals surface area contributed by atoms with Crippen LogP contribution in [0.4, 0.5) is 0 Å². The molecule has 0 radical (unpaired) electrons. The van der Waals surface area contributed by atoms with E-state index in [-0.39, 0.29) is 30.0 Å². The molecule has 1 unspecified atom stereocenters. The number of Topliss-reactive ketones (excluding diaryl/α,β-unsaturated/α-hetero) is 1. The number of carbonyl (C=O) groups is 1. The Morgan fingerprint density at radius 3 is 2.82 bits per heavy atom. The van der Waals surface area contributed by atoms with Gasteiger partial charge >= 0.3 is 5.69 Å². The third-order valence-electron chi connectivity index (χ3n) is 3.14. The van der Waals surface area contributed by atoms with Crippen molar-refractivity contribution in [2.45, 2.75) is 32.9 Å². The zero-order chi connectivity index (χ0) is 12.4. The normalized spacial score (nSPS) is 20.1. The zero-order valence-electron chi connectivity index (χ0n) is 10.3. The molecule has 0 aromatic carbocycles. The fourth-order valence-electron chi connectivity index (χ4n) is 2.03. The van der Waals surface area contributed by atoms with Crippen LogP contribution in [0.25, 0.3) is 0 Å². The Bertz CT molecular complexity index is 453. The number of aromatic nitrogens is 2. The number of ketones is 1. The fraction of sp³-hybridized carbons (Fsp3) is 0.667. The van der Waals surface area contributed by atoms with Gasteiger partial charge in [0.15, 0.2) is 5.78 Å². The van der Waals surface area contributed by atoms with Crippen LogP contribution in [0.3, 0.4) is 0 Å². The van der Waals surface area contributed by atoms with Crippen molar-refractivity contribution >= 4 is 5.78 Å². The van der Waals surface area contributed by atoms with E-state index in [2.05, 4.69) is 0 Å². The lowest BCUT2D eigenvalue weighted by molar-refractivity contribution is -0.123. The molecule has 2 rings (SSSR count). The van der Waals surface area contributed by atoms with Crippen molar-refractivity contribution in [2.75, 3.05) is 13.2 Å². The highest BCUT2D eigenvalue weighted by atomic mass is 16.5. The third kappa shape index (κ3) is 2.49. The minimum atomic E-state index is -0.118. The van der Waals surface area contributed by atoms with Gasteiger partial charge in [-0.2, -0.15) is 0 Å². The molecule has 1 aromatic heterocycles. The van der Waals surface area contributed by atoms with Crippen LogP contribution in [0.2, 0.25) is 0 Å². The highest BCUT2D eigenvalue weighted by molar-refractivity contribution is 5.81. The van der Waals surface area contributed by atoms with Crippen molar-refractivity contribution in [2.24, 2.45) is 5.92 Å². The summed E-state index contributed by atoms with van der Waals surface area (Å²) in [5.74, 6) is 0.0513. The molecule has 94 valence electrons. The summed E-state index contributed by atoms with van der Waals surface area (Å²) in [6.07, 6.45) is 4.18. The minimum absolute atomic E-state index is 0.0377. The molecule has 5 nitrogen and oxygen atoms in total. The van der Waals surface area contributed by atoms with Crippen LogP contribution < -0.4 is 5.69 Å². The SMILES string of the molecule is CC(C)n1ccn(CC(=O)C2CCOC2)c1=O. The molecule has 0 saturated carbocycles. The Morgan fingerprint density at radius 2 is 2.29 bits per heavy atom. The van der Waals surface area contributed by atoms with E-state index in [4.69, 9.17) is 4.74 Å². The van der Waals surface area contributed by atoms with Crippen molar-refractivity contribution in [3.63, 3.8) is 0 Å². The first-order valence-corrected chi connectivity index (χ1v) is 5.97. The Labute approximate surface area is 100.0 Å². The zero-order valence-corrected chi connectivity index (χ0v) is 10.3. The topological polar surface area (TPSA) is 53.2 Å². The summed E-state index contributed by atoms with van der Waals surface area (Å²) >= 11 is 0. The summed E-state index contributed by atoms with van der Waals surface area (Å²) in [6, 6.07) is 0.119. The lowest BCUT2D eigenvalue weighted by Crippen LogP contribution is -2.30. The Hall–Kier alpha value is -1.36. The second-order valence-electron chi connectivity index (χ2n) is 4.74. The maximum atomic E-state index is 11.9. The van der Waals surface area contributed by atoms with Crippen molar-refractivity contribution in [3.05, 3.63) is 22.9 Å². The number of carbonyl (C=O) groups excluding carboxylic acids is 1. The molecule has 1 aliphatic rings. The molecule has 1 atom stereocenters. The molecule has 1 aliphatic heterocycles. The van der Waals surface area contributed by atoms with E-state index in [1.54, 1.807) is 17.0 Å². The molecule has 1 fully saturated rings. The molecule has 0 bridgehead atoms. The number of rotatable bonds is 4. The summed E-state index contributed by atoms with van der Waals surface area (Å²) in [6.45, 7) is 5.19. The second-order valence-corrected chi connectivity index (χ2v) is 4.74. The van der Waals surface area contributed by atoms with Crippen LogP contribution in [0.15, 0.2) is 17.2 Å². The van der Waals surface area contributed by atoms with Crippen molar-refractivity contribution in [1.82, 2.24) is 9.13 Å². The highest BCUT2D eigenvalue weighted by Gasteiger charge is 2.24. The maximum absolute atomic E-state index is 11.9. The molecule has 1 saturated heterocycles. The summed E-state index contributed by atoms with van der Waals surface area (Å²) in [5.41, 5.74) is -0.118. The molecule has 0 spiro atoms. The van der Waals surface area contributed by atoms with E-state index in [1.807, 2.05) is 13.8 Å². The average molecular weight is 238 g/mol. The van der Waals surface area contributed by atoms with Gasteiger partial charge in [0, 0.05) is 31.0 Å². The molecule has 2 heterocycles. The van der Waals surface area contributed by atoms with Gasteiger partial charge in [-0.05, 0) is 20.3 Å². The number of nitrogens with zero attached hydrogens (tertiary/aromatic N) is 2. The van der Waals surface area contributed by atoms with Gasteiger partial charge in [0.2, 0.25) is 0 Å². The van der Waals surface area contributed by atoms with E-state index in [0.29, 0.717) is 13.2 Å². The van der Waals surface area contributed by atoms with Crippen LogP contribution >= 0.6 is 0 Å². The van der Waals surface area contributed by atoms with Gasteiger partial charge in [0.25, 0.3) is 0 Å². The van der Waals surface area contributed by atoms with Crippen LogP contribution in [0.5, 0.6) is 0 Å². The Balaban J connectivity index is 2.08. The standard InChI is InChI=1S/C12H18N2O3/c1-9(2)14-5-4-13(12(14)16)7-11(15)10-3-6-17-8-10/h4-5,9-10H,3,6-8H2,1-2H3. The summed E-state index contributed by atoms with van der Waals surface area (Å²) < 4.78 is 8.27. The minimum Gasteiger partial charge on any atom is -0.381 e. The van der Waals surface area contributed by atoms with E-state index in [9.17, 15) is 9.59 Å². The van der Waals surface area contributed by atoms with Gasteiger partial charge < -0.3 is 4.74 Å². The first-order valence-electron chi connectivity index (χ1n) is 5.97. The largest absolute Gasteiger partial charge is 0.381 e. The second kappa shape index (κ2) is 4.87. The first-order chi connectivity index (χ1) is 8.09. The van der Waals surface area contributed by atoms with Crippen LogP contribution in [0.1, 0.15) is 26.3 Å². The van der Waals surface area contributed by atoms with E-state index in [1.165, 1.54) is 4.57 Å². The average Bonchev–Trinajstić information content (AvgIpc) is 2.89. The molecule has 17 heavy (non-hydrogen) atoms. The van der Waals surface area contributed by atoms with Crippen molar-refractivity contribution < 1.29 is 9.53 Å². The molecule has 1 aromatic rings.